The lowest BCUT2D eigenvalue weighted by Gasteiger charge is -2.38. The molecule has 1 aromatic rings. The van der Waals surface area contributed by atoms with Crippen molar-refractivity contribution < 1.29 is 19.1 Å². The number of urea groups is 1. The van der Waals surface area contributed by atoms with Crippen LogP contribution >= 0.6 is 0 Å². The molecule has 2 aliphatic rings. The normalized spacial score (nSPS) is 24.1. The minimum absolute atomic E-state index is 0.289. The Hall–Kier alpha value is -2.57. The summed E-state index contributed by atoms with van der Waals surface area (Å²) in [6.07, 6.45) is -0.187. The van der Waals surface area contributed by atoms with Gasteiger partial charge >= 0.3 is 12.1 Å². The van der Waals surface area contributed by atoms with Gasteiger partial charge in [0.05, 0.1) is 12.8 Å². The first-order valence-electron chi connectivity index (χ1n) is 6.17. The van der Waals surface area contributed by atoms with Gasteiger partial charge in [-0.25, -0.2) is 9.59 Å². The summed E-state index contributed by atoms with van der Waals surface area (Å²) < 4.78 is 4.74. The highest BCUT2D eigenvalue weighted by Gasteiger charge is 2.51. The van der Waals surface area contributed by atoms with E-state index in [4.69, 9.17) is 4.74 Å². The smallest absolute Gasteiger partial charge is 0.414 e. The second kappa shape index (κ2) is 4.22. The number of carbonyl (C=O) groups excluding carboxylic acids is 3. The van der Waals surface area contributed by atoms with Crippen LogP contribution in [0.5, 0.6) is 0 Å². The molecular formula is C13H13N3O4. The number of rotatable bonds is 0. The Kier molecular flexibility index (Phi) is 2.63. The van der Waals surface area contributed by atoms with Crippen LogP contribution in [0.4, 0.5) is 15.3 Å². The third-order valence-corrected chi connectivity index (χ3v) is 3.70. The number of fused-ring (bicyclic) bond motifs is 2. The van der Waals surface area contributed by atoms with E-state index in [9.17, 15) is 14.4 Å². The standard InChI is InChI=1S/C13H13N3O4/c1-20-12(19)16-7-6-13(10(17)14-11(18)15-13)8-4-2-3-5-9(8)16/h2-5H,6-7H2,1H3,(H2,14,15,17,18). The Balaban J connectivity index is 2.12. The van der Waals surface area contributed by atoms with Crippen molar-refractivity contribution in [3.05, 3.63) is 29.8 Å². The number of anilines is 1. The van der Waals surface area contributed by atoms with E-state index < -0.39 is 17.7 Å². The van der Waals surface area contributed by atoms with E-state index in [2.05, 4.69) is 10.6 Å². The number of hydrogen-bond donors (Lipinski definition) is 2. The Morgan fingerprint density at radius 3 is 2.75 bits per heavy atom. The molecular weight excluding hydrogens is 262 g/mol. The highest BCUT2D eigenvalue weighted by Crippen LogP contribution is 2.40. The molecule has 1 aromatic carbocycles. The monoisotopic (exact) mass is 275 g/mol. The molecule has 1 spiro atoms. The number of methoxy groups -OCH3 is 1. The second-order valence-corrected chi connectivity index (χ2v) is 4.70. The first-order valence-corrected chi connectivity index (χ1v) is 6.17. The third kappa shape index (κ3) is 1.56. The Bertz CT molecular complexity index is 615. The average Bonchev–Trinajstić information content (AvgIpc) is 2.74. The van der Waals surface area contributed by atoms with Gasteiger partial charge in [-0.1, -0.05) is 18.2 Å². The number of ether oxygens (including phenoxy) is 1. The van der Waals surface area contributed by atoms with Gasteiger partial charge in [-0.15, -0.1) is 0 Å². The van der Waals surface area contributed by atoms with Crippen molar-refractivity contribution in [2.75, 3.05) is 18.6 Å². The van der Waals surface area contributed by atoms with Crippen molar-refractivity contribution in [2.24, 2.45) is 0 Å². The van der Waals surface area contributed by atoms with Crippen LogP contribution in [-0.4, -0.2) is 31.7 Å². The fraction of sp³-hybridized carbons (Fsp3) is 0.308. The average molecular weight is 275 g/mol. The molecule has 0 aliphatic carbocycles. The number of para-hydroxylation sites is 1. The number of benzene rings is 1. The summed E-state index contributed by atoms with van der Waals surface area (Å²) in [6, 6.07) is 6.47. The maximum Gasteiger partial charge on any atom is 0.414 e. The molecule has 0 saturated carbocycles. The lowest BCUT2D eigenvalue weighted by molar-refractivity contribution is -0.124. The zero-order chi connectivity index (χ0) is 14.3. The van der Waals surface area contributed by atoms with Crippen LogP contribution in [0.15, 0.2) is 24.3 Å². The van der Waals surface area contributed by atoms with E-state index in [1.807, 2.05) is 0 Å². The first-order chi connectivity index (χ1) is 9.58. The molecule has 7 heteroatoms. The van der Waals surface area contributed by atoms with E-state index in [1.54, 1.807) is 24.3 Å². The summed E-state index contributed by atoms with van der Waals surface area (Å²) >= 11 is 0. The van der Waals surface area contributed by atoms with E-state index in [0.717, 1.165) is 0 Å². The van der Waals surface area contributed by atoms with E-state index in [1.165, 1.54) is 12.0 Å². The van der Waals surface area contributed by atoms with Crippen molar-refractivity contribution >= 4 is 23.7 Å². The van der Waals surface area contributed by atoms with Gasteiger partial charge in [0, 0.05) is 18.5 Å². The molecule has 0 aromatic heterocycles. The van der Waals surface area contributed by atoms with E-state index >= 15 is 0 Å². The van der Waals surface area contributed by atoms with Gasteiger partial charge in [0.2, 0.25) is 0 Å². The van der Waals surface area contributed by atoms with Crippen LogP contribution in [0.3, 0.4) is 0 Å². The van der Waals surface area contributed by atoms with Gasteiger partial charge in [-0.2, -0.15) is 0 Å². The number of imide groups is 1. The zero-order valence-corrected chi connectivity index (χ0v) is 10.8. The van der Waals surface area contributed by atoms with Gasteiger partial charge in [-0.3, -0.25) is 15.0 Å². The first kappa shape index (κ1) is 12.5. The number of carbonyl (C=O) groups is 3. The van der Waals surface area contributed by atoms with Crippen LogP contribution in [0.1, 0.15) is 12.0 Å². The largest absolute Gasteiger partial charge is 0.452 e. The van der Waals surface area contributed by atoms with Crippen LogP contribution in [0, 0.1) is 0 Å². The second-order valence-electron chi connectivity index (χ2n) is 4.70. The summed E-state index contributed by atoms with van der Waals surface area (Å²) in [4.78, 5) is 36.9. The molecule has 0 bridgehead atoms. The fourth-order valence-corrected chi connectivity index (χ4v) is 2.76. The molecule has 104 valence electrons. The Labute approximate surface area is 114 Å². The fourth-order valence-electron chi connectivity index (χ4n) is 2.76. The maximum atomic E-state index is 12.1. The van der Waals surface area contributed by atoms with Crippen LogP contribution in [0.25, 0.3) is 0 Å². The number of nitrogens with one attached hydrogen (secondary N) is 2. The molecule has 1 atom stereocenters. The molecule has 1 fully saturated rings. The number of amides is 4. The van der Waals surface area contributed by atoms with Crippen molar-refractivity contribution in [2.45, 2.75) is 12.0 Å². The molecule has 2 aliphatic heterocycles. The summed E-state index contributed by atoms with van der Waals surface area (Å²) in [7, 11) is 1.30. The quantitative estimate of drug-likeness (QED) is 0.682. The van der Waals surface area contributed by atoms with E-state index in [0.29, 0.717) is 17.7 Å². The van der Waals surface area contributed by atoms with Gasteiger partial charge in [-0.05, 0) is 6.07 Å². The summed E-state index contributed by atoms with van der Waals surface area (Å²) in [5, 5.41) is 4.93. The van der Waals surface area contributed by atoms with Crippen molar-refractivity contribution in [1.29, 1.82) is 0 Å². The van der Waals surface area contributed by atoms with Crippen molar-refractivity contribution in [3.63, 3.8) is 0 Å². The zero-order valence-electron chi connectivity index (χ0n) is 10.8. The van der Waals surface area contributed by atoms with Gasteiger partial charge in [0.1, 0.15) is 5.54 Å². The predicted octanol–water partition coefficient (Wildman–Crippen LogP) is 0.698. The Morgan fingerprint density at radius 1 is 1.35 bits per heavy atom. The lowest BCUT2D eigenvalue weighted by Crippen LogP contribution is -2.52. The van der Waals surface area contributed by atoms with Crippen molar-refractivity contribution in [1.82, 2.24) is 10.6 Å². The van der Waals surface area contributed by atoms with Crippen molar-refractivity contribution in [3.8, 4) is 0 Å². The molecule has 2 heterocycles. The molecule has 7 nitrogen and oxygen atoms in total. The minimum atomic E-state index is -1.10. The molecule has 20 heavy (non-hydrogen) atoms. The molecule has 2 N–H and O–H groups in total. The minimum Gasteiger partial charge on any atom is -0.452 e. The van der Waals surface area contributed by atoms with Gasteiger partial charge in [0.25, 0.3) is 5.91 Å². The Morgan fingerprint density at radius 2 is 2.10 bits per heavy atom. The van der Waals surface area contributed by atoms with Crippen LogP contribution in [0.2, 0.25) is 0 Å². The van der Waals surface area contributed by atoms with Crippen LogP contribution in [-0.2, 0) is 15.1 Å². The predicted molar refractivity (Wildman–Crippen MR) is 69.2 cm³/mol. The molecule has 1 saturated heterocycles. The summed E-state index contributed by atoms with van der Waals surface area (Å²) in [5.41, 5.74) is 0.0704. The van der Waals surface area contributed by atoms with Crippen LogP contribution < -0.4 is 15.5 Å². The number of nitrogens with zero attached hydrogens (tertiary/aromatic N) is 1. The SMILES string of the molecule is COC(=O)N1CCC2(NC(=O)NC2=O)c2ccccc21. The third-order valence-electron chi connectivity index (χ3n) is 3.70. The topological polar surface area (TPSA) is 87.7 Å². The van der Waals surface area contributed by atoms with Gasteiger partial charge in [0.15, 0.2) is 0 Å². The highest BCUT2D eigenvalue weighted by atomic mass is 16.5. The maximum absolute atomic E-state index is 12.1. The highest BCUT2D eigenvalue weighted by molar-refractivity contribution is 6.09. The van der Waals surface area contributed by atoms with E-state index in [-0.39, 0.29) is 12.5 Å². The molecule has 0 radical (unpaired) electrons. The van der Waals surface area contributed by atoms with Gasteiger partial charge < -0.3 is 10.1 Å². The molecule has 1 unspecified atom stereocenters. The summed E-state index contributed by atoms with van der Waals surface area (Å²) in [6.45, 7) is 0.289. The molecule has 4 amide bonds. The lowest BCUT2D eigenvalue weighted by atomic mass is 9.82. The summed E-state index contributed by atoms with van der Waals surface area (Å²) in [5.74, 6) is -0.389. The molecule has 3 rings (SSSR count). The number of hydrogen-bond acceptors (Lipinski definition) is 4.